The van der Waals surface area contributed by atoms with Crippen molar-refractivity contribution in [3.05, 3.63) is 0 Å². The third-order valence-electron chi connectivity index (χ3n) is 3.72. The average Bonchev–Trinajstić information content (AvgIpc) is 2.18. The van der Waals surface area contributed by atoms with Gasteiger partial charge in [0.25, 0.3) is 0 Å². The summed E-state index contributed by atoms with van der Waals surface area (Å²) in [4.78, 5) is 2.26. The van der Waals surface area contributed by atoms with E-state index in [2.05, 4.69) is 32.6 Å². The fraction of sp³-hybridized carbons (Fsp3) is 1.00. The van der Waals surface area contributed by atoms with E-state index in [9.17, 15) is 10.2 Å². The van der Waals surface area contributed by atoms with Crippen molar-refractivity contribution in [1.29, 1.82) is 0 Å². The minimum Gasteiger partial charge on any atom is -0.393 e. The van der Waals surface area contributed by atoms with Crippen LogP contribution in [0.3, 0.4) is 0 Å². The lowest BCUT2D eigenvalue weighted by molar-refractivity contribution is 0.00853. The van der Waals surface area contributed by atoms with Crippen molar-refractivity contribution in [2.75, 3.05) is 19.6 Å². The summed E-state index contributed by atoms with van der Waals surface area (Å²) in [5, 5.41) is 19.7. The van der Waals surface area contributed by atoms with Crippen molar-refractivity contribution in [3.8, 4) is 0 Å². The van der Waals surface area contributed by atoms with Crippen LogP contribution in [-0.4, -0.2) is 47.0 Å². The van der Waals surface area contributed by atoms with Gasteiger partial charge in [-0.05, 0) is 30.7 Å². The zero-order valence-electron chi connectivity index (χ0n) is 11.1. The Morgan fingerprint density at radius 3 is 2.50 bits per heavy atom. The van der Waals surface area contributed by atoms with Crippen LogP contribution in [0.15, 0.2) is 0 Å². The molecule has 0 aromatic carbocycles. The van der Waals surface area contributed by atoms with E-state index in [1.807, 2.05) is 0 Å². The highest BCUT2D eigenvalue weighted by Crippen LogP contribution is 2.23. The quantitative estimate of drug-likeness (QED) is 0.770. The summed E-state index contributed by atoms with van der Waals surface area (Å²) in [5.41, 5.74) is -0.0400. The normalized spacial score (nSPS) is 30.4. The number of hydrogen-bond acceptors (Lipinski definition) is 3. The molecule has 0 aliphatic carbocycles. The van der Waals surface area contributed by atoms with Gasteiger partial charge in [-0.2, -0.15) is 0 Å². The Bertz CT molecular complexity index is 212. The van der Waals surface area contributed by atoms with Crippen molar-refractivity contribution in [2.24, 2.45) is 11.3 Å². The number of hydrogen-bond donors (Lipinski definition) is 2. The summed E-state index contributed by atoms with van der Waals surface area (Å²) in [6, 6.07) is 0. The summed E-state index contributed by atoms with van der Waals surface area (Å²) in [7, 11) is 0. The molecular formula is C13H27NO2. The fourth-order valence-electron chi connectivity index (χ4n) is 2.06. The molecule has 0 bridgehead atoms. The predicted molar refractivity (Wildman–Crippen MR) is 66.3 cm³/mol. The molecule has 1 rings (SSSR count). The first-order chi connectivity index (χ1) is 7.30. The minimum atomic E-state index is -0.260. The zero-order chi connectivity index (χ0) is 12.3. The van der Waals surface area contributed by atoms with E-state index in [4.69, 9.17) is 0 Å². The molecular weight excluding hydrogens is 202 g/mol. The van der Waals surface area contributed by atoms with E-state index < -0.39 is 0 Å². The van der Waals surface area contributed by atoms with Crippen molar-refractivity contribution in [1.82, 2.24) is 4.90 Å². The first-order valence-electron chi connectivity index (χ1n) is 6.39. The molecule has 1 aliphatic rings. The fourth-order valence-corrected chi connectivity index (χ4v) is 2.06. The van der Waals surface area contributed by atoms with Gasteiger partial charge in [0.05, 0.1) is 12.2 Å². The predicted octanol–water partition coefficient (Wildman–Crippen LogP) is 1.49. The molecule has 3 heteroatoms. The number of likely N-dealkylation sites (tertiary alicyclic amines) is 1. The maximum absolute atomic E-state index is 9.95. The number of nitrogens with zero attached hydrogens (tertiary/aromatic N) is 1. The average molecular weight is 229 g/mol. The number of aliphatic hydroxyl groups excluding tert-OH is 2. The van der Waals surface area contributed by atoms with E-state index in [0.29, 0.717) is 5.92 Å². The van der Waals surface area contributed by atoms with Crippen LogP contribution in [0.25, 0.3) is 0 Å². The number of β-amino-alcohol motifs (C(OH)–C–C–N with tert-alkyl or cyclic N) is 1. The SMILES string of the molecule is CC1CCN(CCC(O)C(C)(C)C)CC1O. The Balaban J connectivity index is 2.29. The maximum Gasteiger partial charge on any atom is 0.0693 e. The van der Waals surface area contributed by atoms with Crippen molar-refractivity contribution >= 4 is 0 Å². The Kier molecular flexibility index (Phi) is 4.77. The Hall–Kier alpha value is -0.120. The summed E-state index contributed by atoms with van der Waals surface area (Å²) in [5.74, 6) is 0.420. The summed E-state index contributed by atoms with van der Waals surface area (Å²) < 4.78 is 0. The number of aliphatic hydroxyl groups is 2. The van der Waals surface area contributed by atoms with Gasteiger partial charge < -0.3 is 15.1 Å². The zero-order valence-corrected chi connectivity index (χ0v) is 11.1. The van der Waals surface area contributed by atoms with Gasteiger partial charge in [0, 0.05) is 13.1 Å². The van der Waals surface area contributed by atoms with Crippen molar-refractivity contribution < 1.29 is 10.2 Å². The second-order valence-corrected chi connectivity index (χ2v) is 6.30. The first-order valence-corrected chi connectivity index (χ1v) is 6.39. The molecule has 0 spiro atoms. The van der Waals surface area contributed by atoms with E-state index in [0.717, 1.165) is 32.5 Å². The van der Waals surface area contributed by atoms with Gasteiger partial charge in [-0.15, -0.1) is 0 Å². The van der Waals surface area contributed by atoms with E-state index in [-0.39, 0.29) is 17.6 Å². The first kappa shape index (κ1) is 13.9. The second kappa shape index (κ2) is 5.48. The van der Waals surface area contributed by atoms with Crippen LogP contribution in [0.2, 0.25) is 0 Å². The number of piperidine rings is 1. The van der Waals surface area contributed by atoms with Gasteiger partial charge in [-0.1, -0.05) is 27.7 Å². The van der Waals surface area contributed by atoms with E-state index in [1.54, 1.807) is 0 Å². The second-order valence-electron chi connectivity index (χ2n) is 6.30. The van der Waals surface area contributed by atoms with Crippen LogP contribution < -0.4 is 0 Å². The molecule has 0 aromatic rings. The smallest absolute Gasteiger partial charge is 0.0693 e. The van der Waals surface area contributed by atoms with E-state index >= 15 is 0 Å². The van der Waals surface area contributed by atoms with Gasteiger partial charge >= 0.3 is 0 Å². The van der Waals surface area contributed by atoms with Crippen LogP contribution in [0.5, 0.6) is 0 Å². The molecule has 0 aromatic heterocycles. The Labute approximate surface area is 99.5 Å². The van der Waals surface area contributed by atoms with Crippen LogP contribution in [0, 0.1) is 11.3 Å². The molecule has 16 heavy (non-hydrogen) atoms. The standard InChI is InChI=1S/C13H27NO2/c1-10-5-7-14(9-11(10)15)8-6-12(16)13(2,3)4/h10-12,15-16H,5-9H2,1-4H3. The topological polar surface area (TPSA) is 43.7 Å². The van der Waals surface area contributed by atoms with Gasteiger partial charge in [0.2, 0.25) is 0 Å². The molecule has 2 N–H and O–H groups in total. The Morgan fingerprint density at radius 2 is 2.00 bits per heavy atom. The molecule has 3 unspecified atom stereocenters. The van der Waals surface area contributed by atoms with Gasteiger partial charge in [-0.3, -0.25) is 0 Å². The molecule has 1 saturated heterocycles. The molecule has 3 nitrogen and oxygen atoms in total. The molecule has 96 valence electrons. The van der Waals surface area contributed by atoms with Crippen LogP contribution in [0.4, 0.5) is 0 Å². The highest BCUT2D eigenvalue weighted by molar-refractivity contribution is 4.79. The van der Waals surface area contributed by atoms with Crippen LogP contribution >= 0.6 is 0 Å². The minimum absolute atomic E-state index is 0.0400. The molecule has 0 amide bonds. The largest absolute Gasteiger partial charge is 0.393 e. The highest BCUT2D eigenvalue weighted by atomic mass is 16.3. The molecule has 0 radical (unpaired) electrons. The van der Waals surface area contributed by atoms with Crippen LogP contribution in [0.1, 0.15) is 40.5 Å². The lowest BCUT2D eigenvalue weighted by Crippen LogP contribution is -2.44. The molecule has 1 heterocycles. The van der Waals surface area contributed by atoms with Gasteiger partial charge in [0.1, 0.15) is 0 Å². The summed E-state index contributed by atoms with van der Waals surface area (Å²) in [6.45, 7) is 11.0. The van der Waals surface area contributed by atoms with Crippen molar-refractivity contribution in [3.63, 3.8) is 0 Å². The molecule has 3 atom stereocenters. The third kappa shape index (κ3) is 4.04. The molecule has 1 aliphatic heterocycles. The summed E-state index contributed by atoms with van der Waals surface area (Å²) in [6.07, 6.45) is 1.40. The lowest BCUT2D eigenvalue weighted by atomic mass is 9.87. The monoisotopic (exact) mass is 229 g/mol. The number of rotatable bonds is 3. The van der Waals surface area contributed by atoms with Crippen LogP contribution in [-0.2, 0) is 0 Å². The van der Waals surface area contributed by atoms with E-state index in [1.165, 1.54) is 0 Å². The molecule has 0 saturated carbocycles. The third-order valence-corrected chi connectivity index (χ3v) is 3.72. The maximum atomic E-state index is 9.95. The van der Waals surface area contributed by atoms with Crippen molar-refractivity contribution in [2.45, 2.75) is 52.7 Å². The van der Waals surface area contributed by atoms with Gasteiger partial charge in [-0.25, -0.2) is 0 Å². The van der Waals surface area contributed by atoms with Gasteiger partial charge in [0.15, 0.2) is 0 Å². The lowest BCUT2D eigenvalue weighted by Gasteiger charge is -2.35. The summed E-state index contributed by atoms with van der Waals surface area (Å²) >= 11 is 0. The Morgan fingerprint density at radius 1 is 1.38 bits per heavy atom. The highest BCUT2D eigenvalue weighted by Gasteiger charge is 2.26. The molecule has 1 fully saturated rings.